The zero-order chi connectivity index (χ0) is 17.6. The van der Waals surface area contributed by atoms with Gasteiger partial charge in [-0.2, -0.15) is 10.5 Å². The predicted molar refractivity (Wildman–Crippen MR) is 91.8 cm³/mol. The van der Waals surface area contributed by atoms with Crippen molar-refractivity contribution in [2.24, 2.45) is 28.1 Å². The van der Waals surface area contributed by atoms with Crippen LogP contribution in [0, 0.1) is 50.7 Å². The fourth-order valence-corrected chi connectivity index (χ4v) is 4.90. The van der Waals surface area contributed by atoms with Gasteiger partial charge in [0.05, 0.1) is 18.1 Å². The first-order valence-corrected chi connectivity index (χ1v) is 8.74. The maximum atomic E-state index is 13.1. The van der Waals surface area contributed by atoms with Gasteiger partial charge in [0, 0.05) is 11.0 Å². The lowest BCUT2D eigenvalue weighted by atomic mass is 9.66. The van der Waals surface area contributed by atoms with Crippen molar-refractivity contribution in [3.05, 3.63) is 35.9 Å². The molecule has 0 saturated heterocycles. The Hall–Kier alpha value is -2.13. The Bertz CT molecular complexity index is 724. The van der Waals surface area contributed by atoms with Crippen LogP contribution in [-0.4, -0.2) is 5.78 Å². The molecular weight excluding hydrogens is 296 g/mol. The normalized spacial score (nSPS) is 35.0. The van der Waals surface area contributed by atoms with E-state index in [0.717, 1.165) is 25.7 Å². The molecule has 1 aromatic rings. The number of hydrogen-bond donors (Lipinski definition) is 0. The van der Waals surface area contributed by atoms with Crippen LogP contribution < -0.4 is 0 Å². The molecule has 2 aliphatic rings. The summed E-state index contributed by atoms with van der Waals surface area (Å²) in [6, 6.07) is 13.6. The van der Waals surface area contributed by atoms with Gasteiger partial charge in [0.2, 0.25) is 0 Å². The number of Topliss-reactive ketones (excluding diaryl/α,β-unsaturated/α-hetero) is 1. The molecule has 124 valence electrons. The molecule has 3 rings (SSSR count). The molecule has 3 nitrogen and oxygen atoms in total. The summed E-state index contributed by atoms with van der Waals surface area (Å²) in [5.41, 5.74) is -0.803. The van der Waals surface area contributed by atoms with Crippen molar-refractivity contribution in [1.29, 1.82) is 10.5 Å². The number of benzene rings is 1. The average molecular weight is 320 g/mol. The molecule has 2 aliphatic carbocycles. The topological polar surface area (TPSA) is 64.7 Å². The molecule has 0 heterocycles. The van der Waals surface area contributed by atoms with E-state index in [-0.39, 0.29) is 11.2 Å². The van der Waals surface area contributed by atoms with Crippen molar-refractivity contribution in [3.8, 4) is 12.1 Å². The van der Waals surface area contributed by atoms with E-state index < -0.39 is 16.7 Å². The van der Waals surface area contributed by atoms with Crippen LogP contribution in [0.4, 0.5) is 0 Å². The van der Waals surface area contributed by atoms with Gasteiger partial charge in [0.1, 0.15) is 5.41 Å². The van der Waals surface area contributed by atoms with Gasteiger partial charge in [0.15, 0.2) is 5.78 Å². The minimum absolute atomic E-state index is 0.161. The lowest BCUT2D eigenvalue weighted by Gasteiger charge is -2.38. The Morgan fingerprint density at radius 3 is 2.17 bits per heavy atom. The minimum Gasteiger partial charge on any atom is -0.292 e. The van der Waals surface area contributed by atoms with E-state index in [0.29, 0.717) is 11.5 Å². The highest BCUT2D eigenvalue weighted by molar-refractivity contribution is 6.06. The van der Waals surface area contributed by atoms with E-state index in [2.05, 4.69) is 32.9 Å². The van der Waals surface area contributed by atoms with Crippen LogP contribution >= 0.6 is 0 Å². The van der Waals surface area contributed by atoms with Gasteiger partial charge < -0.3 is 0 Å². The minimum atomic E-state index is -1.15. The summed E-state index contributed by atoms with van der Waals surface area (Å²) in [4.78, 5) is 13.1. The van der Waals surface area contributed by atoms with E-state index in [9.17, 15) is 15.3 Å². The van der Waals surface area contributed by atoms with Gasteiger partial charge >= 0.3 is 0 Å². The van der Waals surface area contributed by atoms with Crippen molar-refractivity contribution < 1.29 is 4.79 Å². The first-order chi connectivity index (χ1) is 11.3. The zero-order valence-electron chi connectivity index (χ0n) is 14.7. The molecular formula is C21H24N2O. The number of hydrogen-bond acceptors (Lipinski definition) is 3. The monoisotopic (exact) mass is 320 g/mol. The summed E-state index contributed by atoms with van der Waals surface area (Å²) >= 11 is 0. The molecule has 2 saturated carbocycles. The van der Waals surface area contributed by atoms with Gasteiger partial charge in [-0.05, 0) is 37.0 Å². The van der Waals surface area contributed by atoms with Crippen LogP contribution in [0.1, 0.15) is 56.8 Å². The van der Waals surface area contributed by atoms with Crippen LogP contribution in [0.2, 0.25) is 0 Å². The molecule has 0 amide bonds. The summed E-state index contributed by atoms with van der Waals surface area (Å²) in [6.45, 7) is 6.74. The highest BCUT2D eigenvalue weighted by Crippen LogP contribution is 2.76. The second kappa shape index (κ2) is 5.45. The van der Waals surface area contributed by atoms with Crippen molar-refractivity contribution in [2.45, 2.75) is 46.5 Å². The molecule has 1 aromatic carbocycles. The molecule has 0 radical (unpaired) electrons. The number of carbonyl (C=O) groups is 1. The molecule has 0 N–H and O–H groups in total. The maximum absolute atomic E-state index is 13.1. The average Bonchev–Trinajstić information content (AvgIpc) is 3.14. The molecule has 0 unspecified atom stereocenters. The number of nitriles is 2. The molecule has 0 aliphatic heterocycles. The second-order valence-corrected chi connectivity index (χ2v) is 8.47. The van der Waals surface area contributed by atoms with Gasteiger partial charge in [-0.25, -0.2) is 0 Å². The third-order valence-electron chi connectivity index (χ3n) is 6.49. The lowest BCUT2D eigenvalue weighted by molar-refractivity contribution is 0.0844. The largest absolute Gasteiger partial charge is 0.292 e. The molecule has 3 heteroatoms. The van der Waals surface area contributed by atoms with Crippen molar-refractivity contribution in [2.75, 3.05) is 0 Å². The zero-order valence-corrected chi connectivity index (χ0v) is 14.7. The van der Waals surface area contributed by atoms with E-state index >= 15 is 0 Å². The van der Waals surface area contributed by atoms with Gasteiger partial charge in [-0.15, -0.1) is 0 Å². The van der Waals surface area contributed by atoms with Gasteiger partial charge in [-0.3, -0.25) is 4.79 Å². The number of ketones is 1. The first-order valence-electron chi connectivity index (χ1n) is 8.74. The Kier molecular flexibility index (Phi) is 3.80. The highest BCUT2D eigenvalue weighted by Gasteiger charge is 2.81. The highest BCUT2D eigenvalue weighted by atomic mass is 16.1. The SMILES string of the molecule is CC(C)(C)[C@H]1CC[C@]2(CC1)[C@@H](C#N)[C@]2(C#N)C(=O)c1ccccc1. The second-order valence-electron chi connectivity index (χ2n) is 8.47. The van der Waals surface area contributed by atoms with Crippen molar-refractivity contribution in [3.63, 3.8) is 0 Å². The Labute approximate surface area is 144 Å². The number of rotatable bonds is 2. The Morgan fingerprint density at radius 2 is 1.71 bits per heavy atom. The summed E-state index contributed by atoms with van der Waals surface area (Å²) in [5.74, 6) is -0.0405. The maximum Gasteiger partial charge on any atom is 0.185 e. The number of carbonyl (C=O) groups excluding carboxylic acids is 1. The van der Waals surface area contributed by atoms with Crippen LogP contribution in [0.5, 0.6) is 0 Å². The molecule has 2 fully saturated rings. The fraction of sp³-hybridized carbons (Fsp3) is 0.571. The molecule has 2 atom stereocenters. The Morgan fingerprint density at radius 1 is 1.12 bits per heavy atom. The van der Waals surface area contributed by atoms with Crippen molar-refractivity contribution >= 4 is 5.78 Å². The third kappa shape index (κ3) is 2.11. The van der Waals surface area contributed by atoms with Crippen LogP contribution in [0.3, 0.4) is 0 Å². The summed E-state index contributed by atoms with van der Waals surface area (Å²) < 4.78 is 0. The van der Waals surface area contributed by atoms with Crippen LogP contribution in [0.25, 0.3) is 0 Å². The fourth-order valence-electron chi connectivity index (χ4n) is 4.90. The van der Waals surface area contributed by atoms with Gasteiger partial charge in [0.25, 0.3) is 0 Å². The predicted octanol–water partition coefficient (Wildman–Crippen LogP) is 4.76. The van der Waals surface area contributed by atoms with E-state index in [1.54, 1.807) is 12.1 Å². The third-order valence-corrected chi connectivity index (χ3v) is 6.49. The molecule has 0 bridgehead atoms. The summed E-state index contributed by atoms with van der Waals surface area (Å²) in [5, 5.41) is 19.6. The Balaban J connectivity index is 1.92. The van der Waals surface area contributed by atoms with E-state index in [1.807, 2.05) is 18.2 Å². The molecule has 24 heavy (non-hydrogen) atoms. The lowest BCUT2D eigenvalue weighted by Crippen LogP contribution is -2.31. The van der Waals surface area contributed by atoms with E-state index in [1.165, 1.54) is 0 Å². The summed E-state index contributed by atoms with van der Waals surface area (Å²) in [6.07, 6.45) is 3.60. The number of nitrogens with zero attached hydrogens (tertiary/aromatic N) is 2. The standard InChI is InChI=1S/C21H24N2O/c1-19(2,3)16-9-11-20(12-10-16)17(13-22)21(20,14-23)18(24)15-7-5-4-6-8-15/h4-8,16-17H,9-12H2,1-3H3/t16-,17-,20-,21-/m1/s1. The quantitative estimate of drug-likeness (QED) is 0.738. The van der Waals surface area contributed by atoms with Crippen LogP contribution in [0.15, 0.2) is 30.3 Å². The van der Waals surface area contributed by atoms with Crippen molar-refractivity contribution in [1.82, 2.24) is 0 Å². The van der Waals surface area contributed by atoms with Crippen LogP contribution in [-0.2, 0) is 0 Å². The molecule has 0 aromatic heterocycles. The first kappa shape index (κ1) is 16.7. The smallest absolute Gasteiger partial charge is 0.185 e. The van der Waals surface area contributed by atoms with Gasteiger partial charge in [-0.1, -0.05) is 51.1 Å². The summed E-state index contributed by atoms with van der Waals surface area (Å²) in [7, 11) is 0. The molecule has 1 spiro atoms. The van der Waals surface area contributed by atoms with E-state index in [4.69, 9.17) is 0 Å².